The Morgan fingerprint density at radius 3 is 2.08 bits per heavy atom. The highest BCUT2D eigenvalue weighted by molar-refractivity contribution is 6.31. The van der Waals surface area contributed by atoms with Gasteiger partial charge in [0.25, 0.3) is 5.69 Å². The van der Waals surface area contributed by atoms with Crippen LogP contribution in [0.4, 0.5) is 30.2 Å². The van der Waals surface area contributed by atoms with Crippen molar-refractivity contribution in [2.45, 2.75) is 6.18 Å². The molecule has 0 aliphatic rings. The molecule has 0 unspecified atom stereocenters. The van der Waals surface area contributed by atoms with Crippen molar-refractivity contribution in [1.82, 2.24) is 0 Å². The highest BCUT2D eigenvalue weighted by atomic mass is 35.5. The zero-order chi connectivity index (χ0) is 18.8. The summed E-state index contributed by atoms with van der Waals surface area (Å²) in [5, 5.41) is 13.2. The molecular formula is C15H12ClF3N2O4. The Hall–Kier alpha value is -2.68. The Morgan fingerprint density at radius 1 is 1.08 bits per heavy atom. The number of nitro benzene ring substituents is 1. The molecule has 0 bridgehead atoms. The summed E-state index contributed by atoms with van der Waals surface area (Å²) in [6.07, 6.45) is -4.81. The fraction of sp³-hybridized carbons (Fsp3) is 0.200. The number of nitrogens with zero attached hydrogens (tertiary/aromatic N) is 1. The number of ether oxygens (including phenoxy) is 2. The van der Waals surface area contributed by atoms with Gasteiger partial charge in [-0.3, -0.25) is 10.1 Å². The first-order valence-corrected chi connectivity index (χ1v) is 7.08. The van der Waals surface area contributed by atoms with E-state index in [2.05, 4.69) is 5.32 Å². The van der Waals surface area contributed by atoms with Gasteiger partial charge in [0.2, 0.25) is 0 Å². The first-order chi connectivity index (χ1) is 11.7. The molecule has 0 aliphatic carbocycles. The van der Waals surface area contributed by atoms with Gasteiger partial charge in [-0.2, -0.15) is 13.2 Å². The van der Waals surface area contributed by atoms with E-state index in [1.807, 2.05) is 0 Å². The van der Waals surface area contributed by atoms with Gasteiger partial charge in [-0.05, 0) is 6.07 Å². The topological polar surface area (TPSA) is 73.6 Å². The molecule has 0 spiro atoms. The van der Waals surface area contributed by atoms with Crippen molar-refractivity contribution < 1.29 is 27.6 Å². The molecule has 10 heteroatoms. The van der Waals surface area contributed by atoms with Crippen molar-refractivity contribution >= 4 is 28.7 Å². The van der Waals surface area contributed by atoms with Crippen LogP contribution in [0.25, 0.3) is 0 Å². The Bertz CT molecular complexity index is 790. The maximum atomic E-state index is 12.9. The highest BCUT2D eigenvalue weighted by Crippen LogP contribution is 2.41. The molecule has 0 heterocycles. The van der Waals surface area contributed by atoms with Gasteiger partial charge in [-0.25, -0.2) is 0 Å². The number of halogens is 4. The maximum absolute atomic E-state index is 12.9. The molecule has 0 amide bonds. The van der Waals surface area contributed by atoms with Crippen LogP contribution >= 0.6 is 11.6 Å². The zero-order valence-electron chi connectivity index (χ0n) is 13.0. The van der Waals surface area contributed by atoms with E-state index >= 15 is 0 Å². The van der Waals surface area contributed by atoms with E-state index in [9.17, 15) is 23.3 Å². The van der Waals surface area contributed by atoms with E-state index in [1.165, 1.54) is 26.4 Å². The van der Waals surface area contributed by atoms with Crippen molar-refractivity contribution in [3.8, 4) is 11.5 Å². The van der Waals surface area contributed by atoms with Gasteiger partial charge >= 0.3 is 6.18 Å². The van der Waals surface area contributed by atoms with E-state index in [4.69, 9.17) is 21.1 Å². The van der Waals surface area contributed by atoms with Crippen LogP contribution in [0, 0.1) is 10.1 Å². The minimum absolute atomic E-state index is 0.196. The second-order valence-corrected chi connectivity index (χ2v) is 5.24. The predicted molar refractivity (Wildman–Crippen MR) is 85.9 cm³/mol. The standard InChI is InChI=1S/C15H12ClF3N2O4/c1-24-9-3-8(4-10(5-9)25-2)20-13-7-12(16)11(15(17,18)19)6-14(13)21(22)23/h3-7,20H,1-2H3. The minimum Gasteiger partial charge on any atom is -0.497 e. The van der Waals surface area contributed by atoms with Gasteiger partial charge in [0.05, 0.1) is 29.7 Å². The second-order valence-electron chi connectivity index (χ2n) is 4.83. The van der Waals surface area contributed by atoms with Gasteiger partial charge in [0.1, 0.15) is 17.2 Å². The SMILES string of the molecule is COc1cc(Nc2cc(Cl)c(C(F)(F)F)cc2[N+](=O)[O-])cc(OC)c1. The molecule has 0 atom stereocenters. The lowest BCUT2D eigenvalue weighted by atomic mass is 10.1. The van der Waals surface area contributed by atoms with Gasteiger partial charge in [-0.1, -0.05) is 11.6 Å². The summed E-state index contributed by atoms with van der Waals surface area (Å²) >= 11 is 5.64. The molecular weight excluding hydrogens is 365 g/mol. The van der Waals surface area contributed by atoms with E-state index < -0.39 is 27.4 Å². The van der Waals surface area contributed by atoms with Crippen LogP contribution in [0.1, 0.15) is 5.56 Å². The molecule has 1 N–H and O–H groups in total. The zero-order valence-corrected chi connectivity index (χ0v) is 13.7. The molecule has 0 saturated carbocycles. The number of benzene rings is 2. The monoisotopic (exact) mass is 376 g/mol. The fourth-order valence-corrected chi connectivity index (χ4v) is 2.34. The van der Waals surface area contributed by atoms with Gasteiger partial charge in [0.15, 0.2) is 0 Å². The van der Waals surface area contributed by atoms with Crippen molar-refractivity contribution in [2.75, 3.05) is 19.5 Å². The number of methoxy groups -OCH3 is 2. The third-order valence-corrected chi connectivity index (χ3v) is 3.53. The number of nitrogens with one attached hydrogen (secondary N) is 1. The normalized spacial score (nSPS) is 11.1. The lowest BCUT2D eigenvalue weighted by Gasteiger charge is -2.14. The smallest absolute Gasteiger partial charge is 0.418 e. The fourth-order valence-electron chi connectivity index (χ4n) is 2.07. The van der Waals surface area contributed by atoms with Crippen LogP contribution in [0.15, 0.2) is 30.3 Å². The number of alkyl halides is 3. The number of hydrogen-bond acceptors (Lipinski definition) is 5. The molecule has 25 heavy (non-hydrogen) atoms. The number of hydrogen-bond donors (Lipinski definition) is 1. The van der Waals surface area contributed by atoms with Crippen molar-refractivity contribution in [3.05, 3.63) is 51.0 Å². The Labute approximate surface area is 145 Å². The van der Waals surface area contributed by atoms with Crippen molar-refractivity contribution in [2.24, 2.45) is 0 Å². The van der Waals surface area contributed by atoms with Gasteiger partial charge in [-0.15, -0.1) is 0 Å². The molecule has 2 rings (SSSR count). The van der Waals surface area contributed by atoms with Crippen LogP contribution in [-0.4, -0.2) is 19.1 Å². The quantitative estimate of drug-likeness (QED) is 0.585. The third-order valence-electron chi connectivity index (χ3n) is 3.22. The molecule has 0 saturated heterocycles. The molecule has 2 aromatic rings. The summed E-state index contributed by atoms with van der Waals surface area (Å²) in [7, 11) is 2.83. The Kier molecular flexibility index (Phi) is 5.27. The highest BCUT2D eigenvalue weighted by Gasteiger charge is 2.36. The first-order valence-electron chi connectivity index (χ1n) is 6.71. The largest absolute Gasteiger partial charge is 0.497 e. The summed E-state index contributed by atoms with van der Waals surface area (Å²) in [4.78, 5) is 10.2. The Morgan fingerprint density at radius 2 is 1.64 bits per heavy atom. The predicted octanol–water partition coefficient (Wildman–Crippen LogP) is 5.03. The molecule has 0 aliphatic heterocycles. The molecule has 2 aromatic carbocycles. The van der Waals surface area contributed by atoms with E-state index in [0.29, 0.717) is 23.3 Å². The lowest BCUT2D eigenvalue weighted by Crippen LogP contribution is -2.08. The summed E-state index contributed by atoms with van der Waals surface area (Å²) in [6, 6.07) is 5.81. The van der Waals surface area contributed by atoms with Crippen molar-refractivity contribution in [3.63, 3.8) is 0 Å². The number of nitro groups is 1. The molecule has 0 radical (unpaired) electrons. The minimum atomic E-state index is -4.81. The summed E-state index contributed by atoms with van der Waals surface area (Å²) in [6.45, 7) is 0. The average molecular weight is 377 g/mol. The first kappa shape index (κ1) is 18.7. The average Bonchev–Trinajstić information content (AvgIpc) is 2.52. The summed E-state index contributed by atoms with van der Waals surface area (Å²) in [5.74, 6) is 0.782. The van der Waals surface area contributed by atoms with Crippen LogP contribution in [0.5, 0.6) is 11.5 Å². The lowest BCUT2D eigenvalue weighted by molar-refractivity contribution is -0.384. The van der Waals surface area contributed by atoms with E-state index in [1.54, 1.807) is 6.07 Å². The van der Waals surface area contributed by atoms with Crippen LogP contribution in [0.3, 0.4) is 0 Å². The molecule has 6 nitrogen and oxygen atoms in total. The maximum Gasteiger partial charge on any atom is 0.418 e. The van der Waals surface area contributed by atoms with Gasteiger partial charge < -0.3 is 14.8 Å². The number of anilines is 2. The second kappa shape index (κ2) is 7.06. The molecule has 0 aromatic heterocycles. The summed E-state index contributed by atoms with van der Waals surface area (Å²) in [5.41, 5.74) is -1.93. The van der Waals surface area contributed by atoms with Crippen LogP contribution < -0.4 is 14.8 Å². The van der Waals surface area contributed by atoms with Crippen LogP contribution in [-0.2, 0) is 6.18 Å². The van der Waals surface area contributed by atoms with Crippen molar-refractivity contribution in [1.29, 1.82) is 0 Å². The summed E-state index contributed by atoms with van der Waals surface area (Å²) < 4.78 is 48.8. The molecule has 0 fully saturated rings. The van der Waals surface area contributed by atoms with E-state index in [0.717, 1.165) is 6.07 Å². The van der Waals surface area contributed by atoms with E-state index in [-0.39, 0.29) is 5.69 Å². The van der Waals surface area contributed by atoms with Gasteiger partial charge in [0, 0.05) is 30.0 Å². The third kappa shape index (κ3) is 4.24. The Balaban J connectivity index is 2.53. The van der Waals surface area contributed by atoms with Crippen LogP contribution in [0.2, 0.25) is 5.02 Å². The number of rotatable bonds is 5. The molecule has 134 valence electrons.